The highest BCUT2D eigenvalue weighted by atomic mass is 14.1. The van der Waals surface area contributed by atoms with Gasteiger partial charge in [0.1, 0.15) is 7.28 Å². The Morgan fingerprint density at radius 2 is 0.600 bits per heavy atom. The Balaban J connectivity index is 1.73. The lowest BCUT2D eigenvalue weighted by Crippen LogP contribution is -2.13. The summed E-state index contributed by atoms with van der Waals surface area (Å²) in [6, 6.07) is 0. The highest BCUT2D eigenvalue weighted by molar-refractivity contribution is 6.39. The van der Waals surface area contributed by atoms with Gasteiger partial charge in [0, 0.05) is 0 Å². The predicted octanol–water partition coefficient (Wildman–Crippen LogP) is 6.66. The predicted molar refractivity (Wildman–Crippen MR) is 93.1 cm³/mol. The fraction of sp³-hybridized carbons (Fsp3) is 1.00. The van der Waals surface area contributed by atoms with Crippen LogP contribution in [0.2, 0.25) is 11.6 Å². The zero-order chi connectivity index (χ0) is 13.9. The molecule has 0 radical (unpaired) electrons. The van der Waals surface area contributed by atoms with Crippen molar-refractivity contribution in [2.45, 2.75) is 121 Å². The van der Waals surface area contributed by atoms with Crippen LogP contribution in [-0.4, -0.2) is 7.28 Å². The fourth-order valence-electron chi connectivity index (χ4n) is 4.55. The van der Waals surface area contributed by atoms with Crippen molar-refractivity contribution in [1.29, 1.82) is 0 Å². The summed E-state index contributed by atoms with van der Waals surface area (Å²) in [4.78, 5) is 0. The van der Waals surface area contributed by atoms with Gasteiger partial charge < -0.3 is 0 Å². The van der Waals surface area contributed by atoms with Crippen LogP contribution >= 0.6 is 0 Å². The summed E-state index contributed by atoms with van der Waals surface area (Å²) in [7, 11) is 1.58. The van der Waals surface area contributed by atoms with Gasteiger partial charge in [-0.05, 0) is 0 Å². The van der Waals surface area contributed by atoms with Crippen LogP contribution in [0.4, 0.5) is 0 Å². The molecule has 0 unspecified atom stereocenters. The van der Waals surface area contributed by atoms with Crippen LogP contribution < -0.4 is 0 Å². The largest absolute Gasteiger partial charge is 0.127 e. The minimum Gasteiger partial charge on any atom is -0.0654 e. The maximum Gasteiger partial charge on any atom is 0.127 e. The third kappa shape index (κ3) is 7.18. The van der Waals surface area contributed by atoms with Gasteiger partial charge in [-0.3, -0.25) is 0 Å². The van der Waals surface area contributed by atoms with Crippen molar-refractivity contribution in [3.63, 3.8) is 0 Å². The van der Waals surface area contributed by atoms with Crippen molar-refractivity contribution < 1.29 is 0 Å². The first-order valence-corrected chi connectivity index (χ1v) is 9.95. The molecule has 0 atom stereocenters. The summed E-state index contributed by atoms with van der Waals surface area (Å²) in [5.41, 5.74) is 0. The second-order valence-electron chi connectivity index (χ2n) is 7.72. The first-order chi connectivity index (χ1) is 9.95. The molecule has 0 saturated heterocycles. The molecule has 2 aliphatic rings. The van der Waals surface area contributed by atoms with E-state index in [1.807, 2.05) is 0 Å². The molecular formula is C19H37B. The summed E-state index contributed by atoms with van der Waals surface area (Å²) in [6.45, 7) is 0. The second kappa shape index (κ2) is 10.7. The van der Waals surface area contributed by atoms with Gasteiger partial charge in [-0.15, -0.1) is 0 Å². The van der Waals surface area contributed by atoms with E-state index >= 15 is 0 Å². The van der Waals surface area contributed by atoms with Crippen molar-refractivity contribution in [3.05, 3.63) is 0 Å². The lowest BCUT2D eigenvalue weighted by Gasteiger charge is -2.24. The van der Waals surface area contributed by atoms with Gasteiger partial charge in [-0.25, -0.2) is 0 Å². The van der Waals surface area contributed by atoms with Crippen LogP contribution in [-0.2, 0) is 0 Å². The topological polar surface area (TPSA) is 0 Å². The Morgan fingerprint density at radius 3 is 0.900 bits per heavy atom. The third-order valence-corrected chi connectivity index (χ3v) is 5.87. The molecule has 2 saturated carbocycles. The first-order valence-electron chi connectivity index (χ1n) is 9.95. The van der Waals surface area contributed by atoms with Gasteiger partial charge in [-0.1, -0.05) is 121 Å². The Bertz CT molecular complexity index is 206. The van der Waals surface area contributed by atoms with Gasteiger partial charge in [0.25, 0.3) is 0 Å². The van der Waals surface area contributed by atoms with E-state index < -0.39 is 0 Å². The molecule has 0 spiro atoms. The van der Waals surface area contributed by atoms with Crippen LogP contribution in [0.5, 0.6) is 0 Å². The van der Waals surface area contributed by atoms with E-state index in [0.717, 1.165) is 11.6 Å². The molecule has 0 bridgehead atoms. The maximum atomic E-state index is 1.58. The van der Waals surface area contributed by atoms with E-state index in [1.54, 1.807) is 33.0 Å². The van der Waals surface area contributed by atoms with Gasteiger partial charge in [0.15, 0.2) is 0 Å². The molecule has 2 rings (SSSR count). The van der Waals surface area contributed by atoms with E-state index in [1.165, 1.54) is 83.5 Å². The summed E-state index contributed by atoms with van der Waals surface area (Å²) in [6.07, 6.45) is 25.9. The Morgan fingerprint density at radius 1 is 0.350 bits per heavy atom. The van der Waals surface area contributed by atoms with Crippen molar-refractivity contribution in [3.8, 4) is 0 Å². The summed E-state index contributed by atoms with van der Waals surface area (Å²) < 4.78 is 0. The van der Waals surface area contributed by atoms with Crippen molar-refractivity contribution >= 4 is 7.28 Å². The fourth-order valence-corrected chi connectivity index (χ4v) is 4.55. The molecule has 0 aliphatic heterocycles. The highest BCUT2D eigenvalue weighted by Gasteiger charge is 2.19. The number of hydrogen-bond acceptors (Lipinski definition) is 0. The lowest BCUT2D eigenvalue weighted by molar-refractivity contribution is 0.492. The van der Waals surface area contributed by atoms with Crippen LogP contribution in [0.15, 0.2) is 0 Å². The quantitative estimate of drug-likeness (QED) is 0.495. The summed E-state index contributed by atoms with van der Waals surface area (Å²) in [5, 5.41) is 0. The molecule has 2 aliphatic carbocycles. The zero-order valence-corrected chi connectivity index (χ0v) is 13.9. The van der Waals surface area contributed by atoms with E-state index in [0.29, 0.717) is 0 Å². The van der Waals surface area contributed by atoms with Gasteiger partial charge in [-0.2, -0.15) is 0 Å². The average molecular weight is 276 g/mol. The smallest absolute Gasteiger partial charge is 0.0654 e. The molecule has 0 heterocycles. The molecule has 20 heavy (non-hydrogen) atoms. The first kappa shape index (κ1) is 16.4. The highest BCUT2D eigenvalue weighted by Crippen LogP contribution is 2.33. The van der Waals surface area contributed by atoms with Gasteiger partial charge in [0.05, 0.1) is 0 Å². The van der Waals surface area contributed by atoms with Gasteiger partial charge >= 0.3 is 0 Å². The SMILES string of the molecule is B(C1CCCCCCCCCC1)C1CCCCCCC1. The zero-order valence-electron chi connectivity index (χ0n) is 13.9. The van der Waals surface area contributed by atoms with Crippen molar-refractivity contribution in [2.75, 3.05) is 0 Å². The maximum absolute atomic E-state index is 1.58. The van der Waals surface area contributed by atoms with E-state index in [-0.39, 0.29) is 0 Å². The van der Waals surface area contributed by atoms with Crippen LogP contribution in [0.1, 0.15) is 109 Å². The van der Waals surface area contributed by atoms with Crippen molar-refractivity contribution in [1.82, 2.24) is 0 Å². The summed E-state index contributed by atoms with van der Waals surface area (Å²) in [5.74, 6) is 2.17. The van der Waals surface area contributed by atoms with Gasteiger partial charge in [0.2, 0.25) is 0 Å². The normalized spacial score (nSPS) is 26.2. The van der Waals surface area contributed by atoms with Crippen LogP contribution in [0, 0.1) is 0 Å². The Hall–Kier alpha value is 0.0649. The molecule has 2 fully saturated rings. The molecule has 0 aromatic rings. The third-order valence-electron chi connectivity index (χ3n) is 5.87. The van der Waals surface area contributed by atoms with Crippen LogP contribution in [0.25, 0.3) is 0 Å². The Labute approximate surface area is 128 Å². The van der Waals surface area contributed by atoms with Crippen LogP contribution in [0.3, 0.4) is 0 Å². The van der Waals surface area contributed by atoms with E-state index in [2.05, 4.69) is 0 Å². The van der Waals surface area contributed by atoms with E-state index in [9.17, 15) is 0 Å². The molecule has 116 valence electrons. The molecule has 0 nitrogen and oxygen atoms in total. The second-order valence-corrected chi connectivity index (χ2v) is 7.72. The summed E-state index contributed by atoms with van der Waals surface area (Å²) >= 11 is 0. The minimum atomic E-state index is 1.08. The monoisotopic (exact) mass is 276 g/mol. The standard InChI is InChI=1S/C19H37B/c1-2-4-7-11-15-18(14-10-6-3-1)20-19-16-12-8-5-9-13-17-19/h18-20H,1-17H2. The molecule has 0 aromatic carbocycles. The number of rotatable bonds is 2. The van der Waals surface area contributed by atoms with E-state index in [4.69, 9.17) is 0 Å². The molecule has 1 heteroatoms. The minimum absolute atomic E-state index is 1.08. The average Bonchev–Trinajstić information content (AvgIpc) is 2.47. The molecule has 0 aromatic heterocycles. The van der Waals surface area contributed by atoms with Crippen molar-refractivity contribution in [2.24, 2.45) is 0 Å². The molecule has 0 N–H and O–H groups in total. The molecule has 0 amide bonds. The Kier molecular flexibility index (Phi) is 8.83. The number of hydrogen-bond donors (Lipinski definition) is 0. The molecular weight excluding hydrogens is 239 g/mol. The lowest BCUT2D eigenvalue weighted by atomic mass is 9.50.